The van der Waals surface area contributed by atoms with Gasteiger partial charge in [0.1, 0.15) is 0 Å². The number of carbonyl (C=O) groups is 1. The molecule has 1 aromatic carbocycles. The Labute approximate surface area is 97.0 Å². The molecular weight excluding hydrogens is 236 g/mol. The summed E-state index contributed by atoms with van der Waals surface area (Å²) < 4.78 is 0. The zero-order valence-corrected chi connectivity index (χ0v) is 9.45. The second-order valence-corrected chi connectivity index (χ2v) is 3.74. The molecule has 0 heterocycles. The van der Waals surface area contributed by atoms with Crippen molar-refractivity contribution in [2.24, 2.45) is 5.73 Å². The summed E-state index contributed by atoms with van der Waals surface area (Å²) in [4.78, 5) is 10.9. The molecule has 0 spiro atoms. The van der Waals surface area contributed by atoms with E-state index in [9.17, 15) is 4.79 Å². The van der Waals surface area contributed by atoms with Crippen LogP contribution in [0.5, 0.6) is 0 Å². The first kappa shape index (κ1) is 11.7. The van der Waals surface area contributed by atoms with Crippen molar-refractivity contribution in [2.45, 2.75) is 6.92 Å². The van der Waals surface area contributed by atoms with E-state index in [0.29, 0.717) is 16.3 Å². The summed E-state index contributed by atoms with van der Waals surface area (Å²) in [6.07, 6.45) is 0. The number of anilines is 1. The lowest BCUT2D eigenvalue weighted by atomic mass is 10.1. The van der Waals surface area contributed by atoms with E-state index in [-0.39, 0.29) is 10.7 Å². The lowest BCUT2D eigenvalue weighted by molar-refractivity contribution is 0.0698. The van der Waals surface area contributed by atoms with Crippen molar-refractivity contribution < 1.29 is 9.90 Å². The normalized spacial score (nSPS) is 9.73. The van der Waals surface area contributed by atoms with Gasteiger partial charge < -0.3 is 16.2 Å². The molecule has 6 heteroatoms. The number of aromatic carboxylic acids is 1. The molecule has 80 valence electrons. The minimum atomic E-state index is -1.06. The molecule has 0 saturated heterocycles. The number of hydrogen-bond acceptors (Lipinski definition) is 2. The average molecular weight is 245 g/mol. The number of rotatable bonds is 2. The Morgan fingerprint density at radius 2 is 2.20 bits per heavy atom. The number of nitrogens with one attached hydrogen (secondary N) is 1. The molecule has 0 atom stereocenters. The maximum absolute atomic E-state index is 10.9. The van der Waals surface area contributed by atoms with Crippen LogP contribution < -0.4 is 11.1 Å². The number of carboxylic acids is 1. The number of benzene rings is 1. The van der Waals surface area contributed by atoms with E-state index in [1.165, 1.54) is 12.1 Å². The molecule has 0 radical (unpaired) electrons. The van der Waals surface area contributed by atoms with Gasteiger partial charge in [0, 0.05) is 5.02 Å². The Kier molecular flexibility index (Phi) is 3.49. The number of carboxylic acid groups (broad SMARTS) is 1. The molecule has 0 saturated carbocycles. The van der Waals surface area contributed by atoms with Crippen LogP contribution in [0.2, 0.25) is 5.02 Å². The molecule has 0 aliphatic rings. The van der Waals surface area contributed by atoms with E-state index in [2.05, 4.69) is 17.5 Å². The van der Waals surface area contributed by atoms with Crippen LogP contribution in [0.1, 0.15) is 15.9 Å². The molecule has 4 nitrogen and oxygen atoms in total. The minimum absolute atomic E-state index is 0.00265. The van der Waals surface area contributed by atoms with E-state index in [4.69, 9.17) is 22.4 Å². The van der Waals surface area contributed by atoms with Crippen LogP contribution >= 0.6 is 23.8 Å². The highest BCUT2D eigenvalue weighted by Crippen LogP contribution is 2.27. The summed E-state index contributed by atoms with van der Waals surface area (Å²) in [7, 11) is 0. The van der Waals surface area contributed by atoms with E-state index in [0.717, 1.165) is 0 Å². The van der Waals surface area contributed by atoms with Crippen molar-refractivity contribution >= 4 is 40.6 Å². The summed E-state index contributed by atoms with van der Waals surface area (Å²) in [5.74, 6) is -1.06. The summed E-state index contributed by atoms with van der Waals surface area (Å²) in [5, 5.41) is 12.0. The molecule has 0 bridgehead atoms. The lowest BCUT2D eigenvalue weighted by Gasteiger charge is -2.12. The largest absolute Gasteiger partial charge is 0.478 e. The zero-order valence-electron chi connectivity index (χ0n) is 7.87. The predicted molar refractivity (Wildman–Crippen MR) is 63.6 cm³/mol. The van der Waals surface area contributed by atoms with E-state index < -0.39 is 5.97 Å². The number of nitrogens with two attached hydrogens (primary N) is 1. The smallest absolute Gasteiger partial charge is 0.337 e. The van der Waals surface area contributed by atoms with Gasteiger partial charge in [0.25, 0.3) is 0 Å². The molecule has 1 rings (SSSR count). The molecule has 4 N–H and O–H groups in total. The van der Waals surface area contributed by atoms with Crippen LogP contribution in [0.3, 0.4) is 0 Å². The quantitative estimate of drug-likeness (QED) is 0.694. The van der Waals surface area contributed by atoms with Gasteiger partial charge in [0.05, 0.1) is 11.3 Å². The summed E-state index contributed by atoms with van der Waals surface area (Å²) in [5.41, 5.74) is 6.32. The lowest BCUT2D eigenvalue weighted by Crippen LogP contribution is -2.21. The average Bonchev–Trinajstić information content (AvgIpc) is 2.12. The van der Waals surface area contributed by atoms with Gasteiger partial charge >= 0.3 is 5.97 Å². The minimum Gasteiger partial charge on any atom is -0.478 e. The molecule has 15 heavy (non-hydrogen) atoms. The Balaban J connectivity index is 3.34. The summed E-state index contributed by atoms with van der Waals surface area (Å²) in [6.45, 7) is 1.69. The molecule has 0 amide bonds. The van der Waals surface area contributed by atoms with Gasteiger partial charge in [-0.15, -0.1) is 0 Å². The number of halogens is 1. The first-order valence-electron chi connectivity index (χ1n) is 4.02. The SMILES string of the molecule is Cc1c(Cl)ccc(C(=O)O)c1NC(N)=S. The van der Waals surface area contributed by atoms with E-state index in [1.807, 2.05) is 0 Å². The van der Waals surface area contributed by atoms with Gasteiger partial charge in [-0.05, 0) is 36.8 Å². The second kappa shape index (κ2) is 4.46. The van der Waals surface area contributed by atoms with Gasteiger partial charge in [-0.25, -0.2) is 4.79 Å². The summed E-state index contributed by atoms with van der Waals surface area (Å²) in [6, 6.07) is 2.92. The first-order chi connectivity index (χ1) is 6.93. The van der Waals surface area contributed by atoms with Crippen LogP contribution in [0, 0.1) is 6.92 Å². The van der Waals surface area contributed by atoms with Gasteiger partial charge in [-0.2, -0.15) is 0 Å². The predicted octanol–water partition coefficient (Wildman–Crippen LogP) is 2.00. The van der Waals surface area contributed by atoms with Gasteiger partial charge in [-0.3, -0.25) is 0 Å². The number of hydrogen-bond donors (Lipinski definition) is 3. The van der Waals surface area contributed by atoms with Crippen LogP contribution in [0.25, 0.3) is 0 Å². The molecule has 0 aliphatic carbocycles. The van der Waals surface area contributed by atoms with Crippen molar-refractivity contribution in [1.82, 2.24) is 0 Å². The van der Waals surface area contributed by atoms with E-state index >= 15 is 0 Å². The highest BCUT2D eigenvalue weighted by molar-refractivity contribution is 7.80. The van der Waals surface area contributed by atoms with Crippen molar-refractivity contribution in [3.8, 4) is 0 Å². The fraction of sp³-hybridized carbons (Fsp3) is 0.111. The van der Waals surface area contributed by atoms with Crippen molar-refractivity contribution in [2.75, 3.05) is 5.32 Å². The standard InChI is InChI=1S/C9H9ClN2O2S/c1-4-6(10)3-2-5(8(13)14)7(4)12-9(11)15/h2-3H,1H3,(H,13,14)(H3,11,12,15). The monoisotopic (exact) mass is 244 g/mol. The fourth-order valence-electron chi connectivity index (χ4n) is 1.15. The van der Waals surface area contributed by atoms with Crippen LogP contribution in [-0.2, 0) is 0 Å². The van der Waals surface area contributed by atoms with Crippen molar-refractivity contribution in [3.63, 3.8) is 0 Å². The molecular formula is C9H9ClN2O2S. The zero-order chi connectivity index (χ0) is 11.6. The maximum Gasteiger partial charge on any atom is 0.337 e. The molecule has 0 fully saturated rings. The van der Waals surface area contributed by atoms with Crippen molar-refractivity contribution in [1.29, 1.82) is 0 Å². The van der Waals surface area contributed by atoms with Crippen LogP contribution in [0.4, 0.5) is 5.69 Å². The third-order valence-electron chi connectivity index (χ3n) is 1.88. The third kappa shape index (κ3) is 2.57. The molecule has 0 unspecified atom stereocenters. The topological polar surface area (TPSA) is 75.3 Å². The first-order valence-corrected chi connectivity index (χ1v) is 4.81. The van der Waals surface area contributed by atoms with Gasteiger partial charge in [-0.1, -0.05) is 11.6 Å². The number of thiocarbonyl (C=S) groups is 1. The molecule has 0 aromatic heterocycles. The maximum atomic E-state index is 10.9. The molecule has 1 aromatic rings. The highest BCUT2D eigenvalue weighted by atomic mass is 35.5. The van der Waals surface area contributed by atoms with Crippen LogP contribution in [0.15, 0.2) is 12.1 Å². The Bertz CT molecular complexity index is 434. The highest BCUT2D eigenvalue weighted by Gasteiger charge is 2.14. The second-order valence-electron chi connectivity index (χ2n) is 2.89. The fourth-order valence-corrected chi connectivity index (χ4v) is 1.41. The van der Waals surface area contributed by atoms with Crippen LogP contribution in [-0.4, -0.2) is 16.2 Å². The van der Waals surface area contributed by atoms with Gasteiger partial charge in [0.15, 0.2) is 5.11 Å². The van der Waals surface area contributed by atoms with E-state index in [1.54, 1.807) is 6.92 Å². The third-order valence-corrected chi connectivity index (χ3v) is 2.39. The summed E-state index contributed by atoms with van der Waals surface area (Å²) >= 11 is 10.5. The molecule has 0 aliphatic heterocycles. The Morgan fingerprint density at radius 1 is 1.60 bits per heavy atom. The Hall–Kier alpha value is -1.33. The Morgan fingerprint density at radius 3 is 2.67 bits per heavy atom. The van der Waals surface area contributed by atoms with Crippen molar-refractivity contribution in [3.05, 3.63) is 28.3 Å². The van der Waals surface area contributed by atoms with Gasteiger partial charge in [0.2, 0.25) is 0 Å².